The summed E-state index contributed by atoms with van der Waals surface area (Å²) in [6, 6.07) is 1.85. The van der Waals surface area contributed by atoms with Gasteiger partial charge in [-0.25, -0.2) is 0 Å². The molecule has 0 spiro atoms. The lowest BCUT2D eigenvalue weighted by molar-refractivity contribution is -0.139. The molecule has 1 heterocycles. The van der Waals surface area contributed by atoms with Crippen LogP contribution in [0.25, 0.3) is 0 Å². The van der Waals surface area contributed by atoms with Crippen molar-refractivity contribution in [3.8, 4) is 6.07 Å². The highest BCUT2D eigenvalue weighted by molar-refractivity contribution is 5.87. The van der Waals surface area contributed by atoms with Crippen LogP contribution in [0.15, 0.2) is 0 Å². The smallest absolute Gasteiger partial charge is 0.240 e. The van der Waals surface area contributed by atoms with Crippen LogP contribution in [0.4, 0.5) is 0 Å². The standard InChI is InChI=1S/C8H11N3O2/c1-6(4-9)8(13)11-3-2-10-7(12)5-11/h6H,2-3,5H2,1H3,(H,10,12). The van der Waals surface area contributed by atoms with E-state index in [1.165, 1.54) is 11.8 Å². The molecule has 1 rings (SSSR count). The van der Waals surface area contributed by atoms with Crippen molar-refractivity contribution in [2.75, 3.05) is 19.6 Å². The fourth-order valence-electron chi connectivity index (χ4n) is 1.16. The van der Waals surface area contributed by atoms with Gasteiger partial charge in [-0.2, -0.15) is 5.26 Å². The maximum atomic E-state index is 11.4. The molecule has 0 bridgehead atoms. The maximum Gasteiger partial charge on any atom is 0.240 e. The third kappa shape index (κ3) is 2.18. The number of carbonyl (C=O) groups is 2. The Morgan fingerprint density at radius 3 is 3.00 bits per heavy atom. The van der Waals surface area contributed by atoms with Gasteiger partial charge in [0.15, 0.2) is 0 Å². The van der Waals surface area contributed by atoms with Gasteiger partial charge in [0.1, 0.15) is 5.92 Å². The van der Waals surface area contributed by atoms with E-state index in [0.29, 0.717) is 13.1 Å². The molecule has 5 heteroatoms. The molecule has 1 aliphatic heterocycles. The topological polar surface area (TPSA) is 73.2 Å². The molecular formula is C8H11N3O2. The minimum atomic E-state index is -0.661. The highest BCUT2D eigenvalue weighted by atomic mass is 16.2. The van der Waals surface area contributed by atoms with Crippen molar-refractivity contribution in [3.63, 3.8) is 0 Å². The molecule has 0 saturated carbocycles. The van der Waals surface area contributed by atoms with Gasteiger partial charge in [0, 0.05) is 13.1 Å². The number of piperazine rings is 1. The van der Waals surface area contributed by atoms with Crippen LogP contribution in [-0.4, -0.2) is 36.3 Å². The van der Waals surface area contributed by atoms with Crippen LogP contribution in [0.2, 0.25) is 0 Å². The van der Waals surface area contributed by atoms with Crippen molar-refractivity contribution < 1.29 is 9.59 Å². The first-order valence-corrected chi connectivity index (χ1v) is 4.10. The predicted molar refractivity (Wildman–Crippen MR) is 44.4 cm³/mol. The van der Waals surface area contributed by atoms with E-state index >= 15 is 0 Å². The average Bonchev–Trinajstić information content (AvgIpc) is 2.15. The molecule has 1 atom stereocenters. The van der Waals surface area contributed by atoms with Gasteiger partial charge in [0.2, 0.25) is 11.8 Å². The monoisotopic (exact) mass is 181 g/mol. The van der Waals surface area contributed by atoms with Crippen LogP contribution in [0.5, 0.6) is 0 Å². The van der Waals surface area contributed by atoms with Gasteiger partial charge < -0.3 is 10.2 Å². The number of nitrogens with zero attached hydrogens (tertiary/aromatic N) is 2. The SMILES string of the molecule is CC(C#N)C(=O)N1CCNC(=O)C1. The molecular weight excluding hydrogens is 170 g/mol. The summed E-state index contributed by atoms with van der Waals surface area (Å²) in [5.41, 5.74) is 0. The van der Waals surface area contributed by atoms with Crippen molar-refractivity contribution >= 4 is 11.8 Å². The fourth-order valence-corrected chi connectivity index (χ4v) is 1.16. The predicted octanol–water partition coefficient (Wildman–Crippen LogP) is -0.896. The van der Waals surface area contributed by atoms with Crippen molar-refractivity contribution in [2.24, 2.45) is 5.92 Å². The molecule has 1 saturated heterocycles. The number of amides is 2. The lowest BCUT2D eigenvalue weighted by Gasteiger charge is -2.27. The number of nitrogens with one attached hydrogen (secondary N) is 1. The summed E-state index contributed by atoms with van der Waals surface area (Å²) in [5, 5.41) is 11.1. The Balaban J connectivity index is 2.57. The van der Waals surface area contributed by atoms with Gasteiger partial charge in [-0.15, -0.1) is 0 Å². The van der Waals surface area contributed by atoms with E-state index in [1.807, 2.05) is 6.07 Å². The molecule has 0 aromatic heterocycles. The van der Waals surface area contributed by atoms with Gasteiger partial charge in [-0.1, -0.05) is 0 Å². The Hall–Kier alpha value is -1.57. The lowest BCUT2D eigenvalue weighted by atomic mass is 10.1. The zero-order chi connectivity index (χ0) is 9.84. The Bertz CT molecular complexity index is 269. The second-order valence-corrected chi connectivity index (χ2v) is 2.96. The first-order valence-electron chi connectivity index (χ1n) is 4.10. The van der Waals surface area contributed by atoms with Gasteiger partial charge in [-0.05, 0) is 6.92 Å². The summed E-state index contributed by atoms with van der Waals surface area (Å²) in [7, 11) is 0. The van der Waals surface area contributed by atoms with Crippen LogP contribution in [-0.2, 0) is 9.59 Å². The van der Waals surface area contributed by atoms with Crippen molar-refractivity contribution in [3.05, 3.63) is 0 Å². The maximum absolute atomic E-state index is 11.4. The van der Waals surface area contributed by atoms with E-state index in [2.05, 4.69) is 5.32 Å². The lowest BCUT2D eigenvalue weighted by Crippen LogP contribution is -2.51. The van der Waals surface area contributed by atoms with E-state index in [1.54, 1.807) is 0 Å². The summed E-state index contributed by atoms with van der Waals surface area (Å²) in [6.45, 7) is 2.58. The van der Waals surface area contributed by atoms with Gasteiger partial charge in [0.05, 0.1) is 12.6 Å². The quantitative estimate of drug-likeness (QED) is 0.570. The molecule has 1 N–H and O–H groups in total. The van der Waals surface area contributed by atoms with Gasteiger partial charge >= 0.3 is 0 Å². The third-order valence-corrected chi connectivity index (χ3v) is 1.91. The number of hydrogen-bond donors (Lipinski definition) is 1. The second kappa shape index (κ2) is 3.90. The molecule has 1 unspecified atom stereocenters. The van der Waals surface area contributed by atoms with E-state index in [0.717, 1.165) is 0 Å². The van der Waals surface area contributed by atoms with E-state index in [-0.39, 0.29) is 18.4 Å². The Labute approximate surface area is 76.3 Å². The van der Waals surface area contributed by atoms with Crippen LogP contribution < -0.4 is 5.32 Å². The summed E-state index contributed by atoms with van der Waals surface area (Å²) in [5.74, 6) is -1.09. The first kappa shape index (κ1) is 9.52. The minimum Gasteiger partial charge on any atom is -0.353 e. The summed E-state index contributed by atoms with van der Waals surface area (Å²) in [6.07, 6.45) is 0. The summed E-state index contributed by atoms with van der Waals surface area (Å²) >= 11 is 0. The van der Waals surface area contributed by atoms with Crippen molar-refractivity contribution in [2.45, 2.75) is 6.92 Å². The molecule has 2 amide bonds. The molecule has 0 aromatic carbocycles. The molecule has 1 aliphatic rings. The number of hydrogen-bond acceptors (Lipinski definition) is 3. The summed E-state index contributed by atoms with van der Waals surface area (Å²) < 4.78 is 0. The largest absolute Gasteiger partial charge is 0.353 e. The number of rotatable bonds is 1. The van der Waals surface area contributed by atoms with E-state index in [4.69, 9.17) is 5.26 Å². The van der Waals surface area contributed by atoms with Crippen molar-refractivity contribution in [1.29, 1.82) is 5.26 Å². The number of carbonyl (C=O) groups excluding carboxylic acids is 2. The molecule has 1 fully saturated rings. The minimum absolute atomic E-state index is 0.0743. The molecule has 0 radical (unpaired) electrons. The highest BCUT2D eigenvalue weighted by Crippen LogP contribution is 2.02. The van der Waals surface area contributed by atoms with Crippen LogP contribution >= 0.6 is 0 Å². The second-order valence-electron chi connectivity index (χ2n) is 2.96. The van der Waals surface area contributed by atoms with Crippen LogP contribution in [0.1, 0.15) is 6.92 Å². The van der Waals surface area contributed by atoms with E-state index < -0.39 is 5.92 Å². The Kier molecular flexibility index (Phi) is 2.85. The fraction of sp³-hybridized carbons (Fsp3) is 0.625. The third-order valence-electron chi connectivity index (χ3n) is 1.91. The Morgan fingerprint density at radius 2 is 2.46 bits per heavy atom. The van der Waals surface area contributed by atoms with Crippen LogP contribution in [0, 0.1) is 17.2 Å². The number of nitriles is 1. The zero-order valence-corrected chi connectivity index (χ0v) is 7.41. The van der Waals surface area contributed by atoms with Gasteiger partial charge in [-0.3, -0.25) is 9.59 Å². The zero-order valence-electron chi connectivity index (χ0n) is 7.41. The van der Waals surface area contributed by atoms with Crippen LogP contribution in [0.3, 0.4) is 0 Å². The first-order chi connectivity index (χ1) is 6.15. The van der Waals surface area contributed by atoms with Gasteiger partial charge in [0.25, 0.3) is 0 Å². The summed E-state index contributed by atoms with van der Waals surface area (Å²) in [4.78, 5) is 23.7. The molecule has 0 aliphatic carbocycles. The van der Waals surface area contributed by atoms with Crippen molar-refractivity contribution in [1.82, 2.24) is 10.2 Å². The van der Waals surface area contributed by atoms with E-state index in [9.17, 15) is 9.59 Å². The Morgan fingerprint density at radius 1 is 1.77 bits per heavy atom. The molecule has 13 heavy (non-hydrogen) atoms. The molecule has 70 valence electrons. The molecule has 5 nitrogen and oxygen atoms in total. The normalized spacial score (nSPS) is 18.8. The highest BCUT2D eigenvalue weighted by Gasteiger charge is 2.24. The molecule has 0 aromatic rings. The average molecular weight is 181 g/mol.